The smallest absolute Gasteiger partial charge is 0.254 e. The Kier molecular flexibility index (Phi) is 1.98. The molecule has 1 aromatic rings. The highest BCUT2D eigenvalue weighted by Gasteiger charge is 2.41. The molecule has 0 saturated heterocycles. The van der Waals surface area contributed by atoms with Crippen molar-refractivity contribution in [2.24, 2.45) is 0 Å². The summed E-state index contributed by atoms with van der Waals surface area (Å²) in [6.07, 6.45) is 3.11. The molecule has 1 aromatic heterocycles. The highest BCUT2D eigenvalue weighted by Crippen LogP contribution is 2.45. The Labute approximate surface area is 83.6 Å². The van der Waals surface area contributed by atoms with Crippen molar-refractivity contribution >= 4 is 0 Å². The second-order valence-electron chi connectivity index (χ2n) is 4.40. The molecule has 0 bridgehead atoms. The first-order valence-corrected chi connectivity index (χ1v) is 5.17. The zero-order chi connectivity index (χ0) is 10.3. The number of aromatic nitrogens is 2. The van der Waals surface area contributed by atoms with Gasteiger partial charge in [0.1, 0.15) is 5.82 Å². The van der Waals surface area contributed by atoms with E-state index in [0.29, 0.717) is 0 Å². The van der Waals surface area contributed by atoms with E-state index in [2.05, 4.69) is 16.9 Å². The van der Waals surface area contributed by atoms with E-state index in [-0.39, 0.29) is 11.0 Å². The number of hydrogen-bond acceptors (Lipinski definition) is 2. The molecule has 1 aliphatic carbocycles. The standard InChI is InChI=1S/C11H16N2O/c1-4-8-7(2)9(14)13-10(12-8)11(3)5-6-11/h4-6H2,1-3H3,(H,12,13,14). The monoisotopic (exact) mass is 192 g/mol. The summed E-state index contributed by atoms with van der Waals surface area (Å²) in [7, 11) is 0. The third kappa shape index (κ3) is 1.37. The van der Waals surface area contributed by atoms with Gasteiger partial charge in [-0.2, -0.15) is 0 Å². The molecule has 3 nitrogen and oxygen atoms in total. The first kappa shape index (κ1) is 9.44. The Bertz CT molecular complexity index is 416. The van der Waals surface area contributed by atoms with Gasteiger partial charge in [0.05, 0.1) is 5.69 Å². The number of rotatable bonds is 2. The molecule has 1 fully saturated rings. The van der Waals surface area contributed by atoms with Crippen LogP contribution >= 0.6 is 0 Å². The van der Waals surface area contributed by atoms with Gasteiger partial charge in [-0.15, -0.1) is 0 Å². The van der Waals surface area contributed by atoms with Gasteiger partial charge in [0.15, 0.2) is 0 Å². The minimum atomic E-state index is 0.0278. The molecule has 0 amide bonds. The number of hydrogen-bond donors (Lipinski definition) is 1. The van der Waals surface area contributed by atoms with E-state index >= 15 is 0 Å². The zero-order valence-electron chi connectivity index (χ0n) is 8.98. The molecule has 0 unspecified atom stereocenters. The lowest BCUT2D eigenvalue weighted by Crippen LogP contribution is -2.21. The van der Waals surface area contributed by atoms with Crippen molar-refractivity contribution in [1.82, 2.24) is 9.97 Å². The normalized spacial score (nSPS) is 18.2. The van der Waals surface area contributed by atoms with Gasteiger partial charge in [-0.3, -0.25) is 4.79 Å². The summed E-state index contributed by atoms with van der Waals surface area (Å²) < 4.78 is 0. The second kappa shape index (κ2) is 2.94. The molecule has 0 atom stereocenters. The summed E-state index contributed by atoms with van der Waals surface area (Å²) >= 11 is 0. The summed E-state index contributed by atoms with van der Waals surface area (Å²) in [5.41, 5.74) is 1.88. The van der Waals surface area contributed by atoms with Crippen LogP contribution in [0.25, 0.3) is 0 Å². The molecule has 0 aliphatic heterocycles. The topological polar surface area (TPSA) is 45.8 Å². The molecule has 1 saturated carbocycles. The lowest BCUT2D eigenvalue weighted by Gasteiger charge is -2.10. The predicted molar refractivity (Wildman–Crippen MR) is 55.6 cm³/mol. The van der Waals surface area contributed by atoms with E-state index in [4.69, 9.17) is 0 Å². The Hall–Kier alpha value is -1.12. The average molecular weight is 192 g/mol. The molecule has 0 aromatic carbocycles. The molecule has 2 rings (SSSR count). The van der Waals surface area contributed by atoms with E-state index in [1.165, 1.54) is 0 Å². The van der Waals surface area contributed by atoms with E-state index < -0.39 is 0 Å². The molecular formula is C11H16N2O. The van der Waals surface area contributed by atoms with Crippen LogP contribution in [-0.4, -0.2) is 9.97 Å². The summed E-state index contributed by atoms with van der Waals surface area (Å²) in [5, 5.41) is 0. The van der Waals surface area contributed by atoms with Gasteiger partial charge < -0.3 is 4.98 Å². The Balaban J connectivity index is 2.54. The van der Waals surface area contributed by atoms with Gasteiger partial charge in [0, 0.05) is 11.0 Å². The fourth-order valence-corrected chi connectivity index (χ4v) is 1.63. The molecule has 76 valence electrons. The van der Waals surface area contributed by atoms with Crippen LogP contribution in [0, 0.1) is 6.92 Å². The fourth-order valence-electron chi connectivity index (χ4n) is 1.63. The summed E-state index contributed by atoms with van der Waals surface area (Å²) in [6, 6.07) is 0. The molecular weight excluding hydrogens is 176 g/mol. The van der Waals surface area contributed by atoms with Gasteiger partial charge in [-0.05, 0) is 26.2 Å². The minimum Gasteiger partial charge on any atom is -0.310 e. The first-order chi connectivity index (χ1) is 6.57. The maximum Gasteiger partial charge on any atom is 0.254 e. The summed E-state index contributed by atoms with van der Waals surface area (Å²) in [6.45, 7) is 6.03. The van der Waals surface area contributed by atoms with Gasteiger partial charge in [0.25, 0.3) is 5.56 Å². The van der Waals surface area contributed by atoms with Crippen LogP contribution in [0.1, 0.15) is 43.8 Å². The molecule has 0 radical (unpaired) electrons. The van der Waals surface area contributed by atoms with E-state index in [0.717, 1.165) is 36.3 Å². The number of aryl methyl sites for hydroxylation is 1. The summed E-state index contributed by atoms with van der Waals surface area (Å²) in [4.78, 5) is 19.0. The summed E-state index contributed by atoms with van der Waals surface area (Å²) in [5.74, 6) is 0.880. The SMILES string of the molecule is CCc1nc(C2(C)CC2)[nH]c(=O)c1C. The average Bonchev–Trinajstić information content (AvgIpc) is 2.89. The third-order valence-electron chi connectivity index (χ3n) is 3.16. The van der Waals surface area contributed by atoms with Crippen LogP contribution in [0.15, 0.2) is 4.79 Å². The quantitative estimate of drug-likeness (QED) is 0.775. The predicted octanol–water partition coefficient (Wildman–Crippen LogP) is 1.69. The largest absolute Gasteiger partial charge is 0.310 e. The zero-order valence-corrected chi connectivity index (χ0v) is 8.98. The van der Waals surface area contributed by atoms with Gasteiger partial charge >= 0.3 is 0 Å². The maximum absolute atomic E-state index is 11.6. The van der Waals surface area contributed by atoms with E-state index in [1.807, 2.05) is 13.8 Å². The van der Waals surface area contributed by atoms with Crippen LogP contribution in [0.5, 0.6) is 0 Å². The van der Waals surface area contributed by atoms with Gasteiger partial charge in [-0.1, -0.05) is 13.8 Å². The number of H-pyrrole nitrogens is 1. The highest BCUT2D eigenvalue weighted by molar-refractivity contribution is 5.22. The first-order valence-electron chi connectivity index (χ1n) is 5.17. The van der Waals surface area contributed by atoms with Crippen molar-refractivity contribution in [2.45, 2.75) is 45.4 Å². The maximum atomic E-state index is 11.6. The van der Waals surface area contributed by atoms with E-state index in [9.17, 15) is 4.79 Å². The highest BCUT2D eigenvalue weighted by atomic mass is 16.1. The molecule has 1 heterocycles. The van der Waals surface area contributed by atoms with Crippen molar-refractivity contribution in [3.05, 3.63) is 27.4 Å². The molecule has 1 N–H and O–H groups in total. The van der Waals surface area contributed by atoms with Crippen molar-refractivity contribution in [3.63, 3.8) is 0 Å². The fraction of sp³-hybridized carbons (Fsp3) is 0.636. The van der Waals surface area contributed by atoms with Crippen molar-refractivity contribution < 1.29 is 0 Å². The van der Waals surface area contributed by atoms with Crippen molar-refractivity contribution in [3.8, 4) is 0 Å². The Morgan fingerprint density at radius 1 is 1.50 bits per heavy atom. The molecule has 3 heteroatoms. The van der Waals surface area contributed by atoms with Crippen molar-refractivity contribution in [2.75, 3.05) is 0 Å². The molecule has 0 spiro atoms. The van der Waals surface area contributed by atoms with Gasteiger partial charge in [0.2, 0.25) is 0 Å². The van der Waals surface area contributed by atoms with Crippen LogP contribution in [0.2, 0.25) is 0 Å². The van der Waals surface area contributed by atoms with Crippen LogP contribution in [0.4, 0.5) is 0 Å². The molecule has 14 heavy (non-hydrogen) atoms. The third-order valence-corrected chi connectivity index (χ3v) is 3.16. The van der Waals surface area contributed by atoms with Gasteiger partial charge in [-0.25, -0.2) is 4.98 Å². The lowest BCUT2D eigenvalue weighted by molar-refractivity contribution is 0.688. The minimum absolute atomic E-state index is 0.0278. The Morgan fingerprint density at radius 2 is 2.14 bits per heavy atom. The number of nitrogens with one attached hydrogen (secondary N) is 1. The van der Waals surface area contributed by atoms with Crippen LogP contribution in [0.3, 0.4) is 0 Å². The second-order valence-corrected chi connectivity index (χ2v) is 4.40. The number of nitrogens with zero attached hydrogens (tertiary/aromatic N) is 1. The van der Waals surface area contributed by atoms with Crippen LogP contribution in [-0.2, 0) is 11.8 Å². The Morgan fingerprint density at radius 3 is 2.64 bits per heavy atom. The number of aromatic amines is 1. The van der Waals surface area contributed by atoms with E-state index in [1.54, 1.807) is 0 Å². The lowest BCUT2D eigenvalue weighted by atomic mass is 10.1. The van der Waals surface area contributed by atoms with Crippen LogP contribution < -0.4 is 5.56 Å². The molecule has 1 aliphatic rings. The van der Waals surface area contributed by atoms with Crippen molar-refractivity contribution in [1.29, 1.82) is 0 Å².